The van der Waals surface area contributed by atoms with E-state index in [0.717, 1.165) is 16.6 Å². The molecule has 0 atom stereocenters. The number of hydrogen-bond donors (Lipinski definition) is 1. The van der Waals surface area contributed by atoms with Gasteiger partial charge in [-0.3, -0.25) is 4.79 Å². The zero-order valence-electron chi connectivity index (χ0n) is 12.0. The molecule has 0 aliphatic heterocycles. The predicted octanol–water partition coefficient (Wildman–Crippen LogP) is 2.46. The molecule has 0 saturated carbocycles. The molecular formula is C16H16N4O. The molecule has 0 saturated heterocycles. The van der Waals surface area contributed by atoms with Gasteiger partial charge in [0.05, 0.1) is 12.1 Å². The minimum atomic E-state index is -0.0533. The van der Waals surface area contributed by atoms with Crippen LogP contribution in [-0.4, -0.2) is 20.9 Å². The minimum Gasteiger partial charge on any atom is -0.324 e. The van der Waals surface area contributed by atoms with Crippen molar-refractivity contribution in [2.45, 2.75) is 13.3 Å². The zero-order chi connectivity index (χ0) is 14.8. The van der Waals surface area contributed by atoms with Gasteiger partial charge in [-0.2, -0.15) is 15.0 Å². The molecule has 5 heteroatoms. The van der Waals surface area contributed by atoms with E-state index in [0.29, 0.717) is 17.6 Å². The number of carbonyl (C=O) groups is 1. The number of aryl methyl sites for hydroxylation is 2. The second-order valence-corrected chi connectivity index (χ2v) is 5.01. The van der Waals surface area contributed by atoms with Crippen molar-refractivity contribution >= 4 is 22.6 Å². The minimum absolute atomic E-state index is 0.0533. The first-order chi connectivity index (χ1) is 10.1. The maximum absolute atomic E-state index is 12.2. The molecule has 3 aromatic rings. The molecule has 0 bridgehead atoms. The molecule has 1 heterocycles. The van der Waals surface area contributed by atoms with E-state index in [-0.39, 0.29) is 5.91 Å². The van der Waals surface area contributed by atoms with Crippen LogP contribution in [0.1, 0.15) is 11.1 Å². The highest BCUT2D eigenvalue weighted by molar-refractivity contribution is 5.99. The van der Waals surface area contributed by atoms with Gasteiger partial charge in [0.25, 0.3) is 0 Å². The van der Waals surface area contributed by atoms with Gasteiger partial charge >= 0.3 is 0 Å². The molecule has 3 rings (SSSR count). The highest BCUT2D eigenvalue weighted by Crippen LogP contribution is 2.20. The number of anilines is 1. The number of carbonyl (C=O) groups excluding carboxylic acids is 1. The lowest BCUT2D eigenvalue weighted by molar-refractivity contribution is -0.115. The molecule has 21 heavy (non-hydrogen) atoms. The third-order valence-electron chi connectivity index (χ3n) is 3.40. The van der Waals surface area contributed by atoms with Crippen LogP contribution in [0.25, 0.3) is 11.0 Å². The number of rotatable bonds is 3. The van der Waals surface area contributed by atoms with Crippen LogP contribution in [0, 0.1) is 6.92 Å². The predicted molar refractivity (Wildman–Crippen MR) is 82.0 cm³/mol. The van der Waals surface area contributed by atoms with Crippen molar-refractivity contribution in [3.8, 4) is 0 Å². The first-order valence-corrected chi connectivity index (χ1v) is 6.78. The molecule has 106 valence electrons. The zero-order valence-corrected chi connectivity index (χ0v) is 12.0. The van der Waals surface area contributed by atoms with Gasteiger partial charge in [-0.1, -0.05) is 30.3 Å². The van der Waals surface area contributed by atoms with E-state index in [2.05, 4.69) is 15.5 Å². The van der Waals surface area contributed by atoms with Crippen molar-refractivity contribution in [1.29, 1.82) is 0 Å². The molecule has 1 N–H and O–H groups in total. The first kappa shape index (κ1) is 13.3. The largest absolute Gasteiger partial charge is 0.324 e. The number of hydrogen-bond acceptors (Lipinski definition) is 3. The molecule has 1 amide bonds. The van der Waals surface area contributed by atoms with Gasteiger partial charge in [0.2, 0.25) is 5.91 Å². The Labute approximate surface area is 122 Å². The molecular weight excluding hydrogens is 264 g/mol. The smallest absolute Gasteiger partial charge is 0.228 e. The fraction of sp³-hybridized carbons (Fsp3) is 0.188. The number of benzene rings is 2. The Balaban J connectivity index is 1.82. The monoisotopic (exact) mass is 280 g/mol. The second kappa shape index (κ2) is 5.36. The van der Waals surface area contributed by atoms with Crippen molar-refractivity contribution in [3.63, 3.8) is 0 Å². The Morgan fingerprint density at radius 1 is 1.14 bits per heavy atom. The second-order valence-electron chi connectivity index (χ2n) is 5.01. The molecule has 1 aromatic heterocycles. The maximum Gasteiger partial charge on any atom is 0.228 e. The van der Waals surface area contributed by atoms with E-state index in [1.807, 2.05) is 49.4 Å². The van der Waals surface area contributed by atoms with E-state index in [1.54, 1.807) is 7.05 Å². The third-order valence-corrected chi connectivity index (χ3v) is 3.40. The van der Waals surface area contributed by atoms with Crippen LogP contribution in [0.4, 0.5) is 5.69 Å². The summed E-state index contributed by atoms with van der Waals surface area (Å²) >= 11 is 0. The van der Waals surface area contributed by atoms with Gasteiger partial charge in [-0.05, 0) is 30.2 Å². The van der Waals surface area contributed by atoms with Crippen molar-refractivity contribution in [1.82, 2.24) is 15.0 Å². The summed E-state index contributed by atoms with van der Waals surface area (Å²) in [6, 6.07) is 13.5. The Bertz CT molecular complexity index is 807. The first-order valence-electron chi connectivity index (χ1n) is 6.78. The number of fused-ring (bicyclic) bond motifs is 1. The Morgan fingerprint density at radius 3 is 2.76 bits per heavy atom. The third kappa shape index (κ3) is 2.76. The average molecular weight is 280 g/mol. The van der Waals surface area contributed by atoms with Crippen LogP contribution < -0.4 is 5.32 Å². The summed E-state index contributed by atoms with van der Waals surface area (Å²) in [4.78, 5) is 13.7. The lowest BCUT2D eigenvalue weighted by Crippen LogP contribution is -2.15. The topological polar surface area (TPSA) is 59.8 Å². The van der Waals surface area contributed by atoms with Gasteiger partial charge in [0.15, 0.2) is 0 Å². The highest BCUT2D eigenvalue weighted by atomic mass is 16.1. The van der Waals surface area contributed by atoms with Crippen molar-refractivity contribution < 1.29 is 4.79 Å². The van der Waals surface area contributed by atoms with E-state index >= 15 is 0 Å². The highest BCUT2D eigenvalue weighted by Gasteiger charge is 2.10. The quantitative estimate of drug-likeness (QED) is 0.801. The Morgan fingerprint density at radius 2 is 1.95 bits per heavy atom. The van der Waals surface area contributed by atoms with E-state index in [4.69, 9.17) is 0 Å². The lowest BCUT2D eigenvalue weighted by atomic mass is 10.1. The van der Waals surface area contributed by atoms with Crippen LogP contribution in [0.15, 0.2) is 42.5 Å². The summed E-state index contributed by atoms with van der Waals surface area (Å²) in [6.07, 6.45) is 0.351. The fourth-order valence-corrected chi connectivity index (χ4v) is 2.32. The summed E-state index contributed by atoms with van der Waals surface area (Å²) in [5.41, 5.74) is 4.31. The number of amides is 1. The lowest BCUT2D eigenvalue weighted by Gasteiger charge is -2.07. The average Bonchev–Trinajstić information content (AvgIpc) is 2.83. The van der Waals surface area contributed by atoms with Crippen molar-refractivity contribution in [2.75, 3.05) is 5.32 Å². The number of aromatic nitrogens is 3. The van der Waals surface area contributed by atoms with E-state index in [1.165, 1.54) is 4.80 Å². The van der Waals surface area contributed by atoms with Gasteiger partial charge in [-0.25, -0.2) is 0 Å². The molecule has 0 unspecified atom stereocenters. The summed E-state index contributed by atoms with van der Waals surface area (Å²) < 4.78 is 0. The van der Waals surface area contributed by atoms with E-state index < -0.39 is 0 Å². The molecule has 0 spiro atoms. The SMILES string of the molecule is Cc1ccccc1CC(=O)Nc1cccc2nn(C)nc12. The van der Waals surface area contributed by atoms with Gasteiger partial charge in [0, 0.05) is 7.05 Å². The van der Waals surface area contributed by atoms with Crippen molar-refractivity contribution in [3.05, 3.63) is 53.6 Å². The van der Waals surface area contributed by atoms with Gasteiger partial charge in [0.1, 0.15) is 11.0 Å². The molecule has 5 nitrogen and oxygen atoms in total. The number of nitrogens with one attached hydrogen (secondary N) is 1. The van der Waals surface area contributed by atoms with Crippen LogP contribution in [0.2, 0.25) is 0 Å². The number of nitrogens with zero attached hydrogens (tertiary/aromatic N) is 3. The summed E-state index contributed by atoms with van der Waals surface area (Å²) in [5, 5.41) is 11.4. The Hall–Kier alpha value is -2.69. The van der Waals surface area contributed by atoms with Gasteiger partial charge < -0.3 is 5.32 Å². The van der Waals surface area contributed by atoms with Crippen LogP contribution in [0.3, 0.4) is 0 Å². The molecule has 0 aliphatic rings. The van der Waals surface area contributed by atoms with Crippen molar-refractivity contribution in [2.24, 2.45) is 7.05 Å². The molecule has 0 aliphatic carbocycles. The standard InChI is InChI=1S/C16H16N4O/c1-11-6-3-4-7-12(11)10-15(21)17-13-8-5-9-14-16(13)19-20(2)18-14/h3-9H,10H2,1-2H3,(H,17,21). The molecule has 2 aromatic carbocycles. The van der Waals surface area contributed by atoms with Crippen LogP contribution in [-0.2, 0) is 18.3 Å². The summed E-state index contributed by atoms with van der Waals surface area (Å²) in [6.45, 7) is 2.01. The Kier molecular flexibility index (Phi) is 3.39. The maximum atomic E-state index is 12.2. The van der Waals surface area contributed by atoms with Crippen LogP contribution in [0.5, 0.6) is 0 Å². The van der Waals surface area contributed by atoms with E-state index in [9.17, 15) is 4.79 Å². The summed E-state index contributed by atoms with van der Waals surface area (Å²) in [7, 11) is 1.76. The van der Waals surface area contributed by atoms with Gasteiger partial charge in [-0.15, -0.1) is 0 Å². The normalized spacial score (nSPS) is 10.8. The molecule has 0 radical (unpaired) electrons. The summed E-state index contributed by atoms with van der Waals surface area (Å²) in [5.74, 6) is -0.0533. The molecule has 0 fully saturated rings. The fourth-order valence-electron chi connectivity index (χ4n) is 2.32. The van der Waals surface area contributed by atoms with Crippen LogP contribution >= 0.6 is 0 Å².